The van der Waals surface area contributed by atoms with E-state index in [1.165, 1.54) is 12.1 Å². The molecular weight excluding hydrogens is 282 g/mol. The Bertz CT molecular complexity index is 667. The smallest absolute Gasteiger partial charge is 0.271 e. The topological polar surface area (TPSA) is 68.1 Å². The van der Waals surface area contributed by atoms with Gasteiger partial charge in [-0.1, -0.05) is 6.07 Å². The number of aromatic nitrogens is 1. The van der Waals surface area contributed by atoms with Crippen LogP contribution in [0.15, 0.2) is 24.3 Å². The van der Waals surface area contributed by atoms with E-state index in [4.69, 9.17) is 0 Å². The van der Waals surface area contributed by atoms with Gasteiger partial charge in [-0.3, -0.25) is 10.1 Å². The lowest BCUT2D eigenvalue weighted by molar-refractivity contribution is -0.384. The van der Waals surface area contributed by atoms with Crippen molar-refractivity contribution in [3.8, 4) is 0 Å². The van der Waals surface area contributed by atoms with Crippen LogP contribution in [0.1, 0.15) is 0 Å². The van der Waals surface area contributed by atoms with Crippen LogP contribution in [0.3, 0.4) is 0 Å². The zero-order valence-corrected chi connectivity index (χ0v) is 9.53. The normalized spacial score (nSPS) is 10.4. The average Bonchev–Trinajstić information content (AvgIpc) is 2.42. The molecule has 0 unspecified atom stereocenters. The van der Waals surface area contributed by atoms with Crippen molar-refractivity contribution in [3.05, 3.63) is 57.9 Å². The second-order valence-electron chi connectivity index (χ2n) is 3.63. The standard InChI is InChI=1S/C11H5F4N3O2/c12-7-9(8(13)11(15)17-10(7)14)16-5-2-1-3-6(4-5)18(19)20/h1-4H,(H,16,17). The average molecular weight is 287 g/mol. The number of nitrogens with one attached hydrogen (secondary N) is 1. The highest BCUT2D eigenvalue weighted by atomic mass is 19.2. The minimum absolute atomic E-state index is 0.109. The number of hydrogen-bond donors (Lipinski definition) is 1. The SMILES string of the molecule is O=[N+]([O-])c1cccc(Nc2c(F)c(F)nc(F)c2F)c1. The minimum atomic E-state index is -1.82. The molecule has 0 fully saturated rings. The summed E-state index contributed by atoms with van der Waals surface area (Å²) in [5.41, 5.74) is -1.58. The molecule has 1 N–H and O–H groups in total. The second kappa shape index (κ2) is 5.11. The first-order valence-electron chi connectivity index (χ1n) is 5.11. The van der Waals surface area contributed by atoms with Crippen molar-refractivity contribution < 1.29 is 22.5 Å². The van der Waals surface area contributed by atoms with Gasteiger partial charge in [-0.25, -0.2) is 0 Å². The van der Waals surface area contributed by atoms with E-state index in [9.17, 15) is 27.7 Å². The van der Waals surface area contributed by atoms with Gasteiger partial charge in [0.1, 0.15) is 5.69 Å². The number of anilines is 2. The van der Waals surface area contributed by atoms with Crippen molar-refractivity contribution in [2.75, 3.05) is 5.32 Å². The molecule has 9 heteroatoms. The molecule has 104 valence electrons. The van der Waals surface area contributed by atoms with E-state index in [0.29, 0.717) is 0 Å². The van der Waals surface area contributed by atoms with Gasteiger partial charge in [-0.05, 0) is 6.07 Å². The Hall–Kier alpha value is -2.71. The molecule has 0 aliphatic heterocycles. The summed E-state index contributed by atoms with van der Waals surface area (Å²) in [5, 5.41) is 12.6. The van der Waals surface area contributed by atoms with Crippen LogP contribution in [-0.4, -0.2) is 9.91 Å². The first-order valence-corrected chi connectivity index (χ1v) is 5.11. The minimum Gasteiger partial charge on any atom is -0.350 e. The Morgan fingerprint density at radius 1 is 1.10 bits per heavy atom. The molecule has 0 atom stereocenters. The number of pyridine rings is 1. The molecule has 0 spiro atoms. The van der Waals surface area contributed by atoms with E-state index in [2.05, 4.69) is 4.98 Å². The number of nitrogens with zero attached hydrogens (tertiary/aromatic N) is 2. The summed E-state index contributed by atoms with van der Waals surface area (Å²) in [5.74, 6) is -7.10. The van der Waals surface area contributed by atoms with Gasteiger partial charge < -0.3 is 5.32 Å². The first-order chi connectivity index (χ1) is 9.40. The molecule has 0 amide bonds. The predicted molar refractivity (Wildman–Crippen MR) is 60.4 cm³/mol. The fourth-order valence-electron chi connectivity index (χ4n) is 1.44. The van der Waals surface area contributed by atoms with E-state index in [1.807, 2.05) is 5.32 Å². The summed E-state index contributed by atoms with van der Waals surface area (Å²) in [4.78, 5) is 12.2. The van der Waals surface area contributed by atoms with Gasteiger partial charge >= 0.3 is 0 Å². The Morgan fingerprint density at radius 3 is 2.25 bits per heavy atom. The maximum atomic E-state index is 13.3. The van der Waals surface area contributed by atoms with Crippen LogP contribution in [-0.2, 0) is 0 Å². The van der Waals surface area contributed by atoms with Crippen molar-refractivity contribution >= 4 is 17.1 Å². The Kier molecular flexibility index (Phi) is 3.51. The number of nitro groups is 1. The van der Waals surface area contributed by atoms with Crippen LogP contribution in [0.5, 0.6) is 0 Å². The molecule has 20 heavy (non-hydrogen) atoms. The molecule has 0 bridgehead atoms. The van der Waals surface area contributed by atoms with Crippen LogP contribution < -0.4 is 5.32 Å². The number of benzene rings is 1. The van der Waals surface area contributed by atoms with Crippen molar-refractivity contribution in [3.63, 3.8) is 0 Å². The number of non-ortho nitro benzene ring substituents is 1. The monoisotopic (exact) mass is 287 g/mol. The van der Waals surface area contributed by atoms with Gasteiger partial charge in [0.25, 0.3) is 17.6 Å². The summed E-state index contributed by atoms with van der Waals surface area (Å²) in [7, 11) is 0. The molecule has 1 aromatic heterocycles. The van der Waals surface area contributed by atoms with Gasteiger partial charge in [0.2, 0.25) is 11.6 Å². The lowest BCUT2D eigenvalue weighted by Crippen LogP contribution is -2.06. The van der Waals surface area contributed by atoms with Crippen LogP contribution >= 0.6 is 0 Å². The summed E-state index contributed by atoms with van der Waals surface area (Å²) in [6, 6.07) is 4.58. The number of rotatable bonds is 3. The molecule has 0 saturated heterocycles. The summed E-state index contributed by atoms with van der Waals surface area (Å²) < 4.78 is 52.5. The molecule has 0 saturated carbocycles. The van der Waals surface area contributed by atoms with Crippen LogP contribution in [0, 0.1) is 33.6 Å². The Morgan fingerprint density at radius 2 is 1.70 bits per heavy atom. The van der Waals surface area contributed by atoms with Gasteiger partial charge in [0, 0.05) is 17.8 Å². The van der Waals surface area contributed by atoms with Crippen molar-refractivity contribution in [2.45, 2.75) is 0 Å². The van der Waals surface area contributed by atoms with Crippen LogP contribution in [0.4, 0.5) is 34.6 Å². The molecule has 0 aliphatic rings. The lowest BCUT2D eigenvalue weighted by atomic mass is 10.2. The molecule has 0 radical (unpaired) electrons. The lowest BCUT2D eigenvalue weighted by Gasteiger charge is -2.09. The summed E-state index contributed by atoms with van der Waals surface area (Å²) in [6.07, 6.45) is 0. The van der Waals surface area contributed by atoms with Crippen molar-refractivity contribution in [1.29, 1.82) is 0 Å². The maximum Gasteiger partial charge on any atom is 0.271 e. The van der Waals surface area contributed by atoms with E-state index in [-0.39, 0.29) is 11.4 Å². The van der Waals surface area contributed by atoms with Gasteiger partial charge in [-0.15, -0.1) is 0 Å². The van der Waals surface area contributed by atoms with E-state index in [1.54, 1.807) is 0 Å². The predicted octanol–water partition coefficient (Wildman–Crippen LogP) is 3.29. The highest BCUT2D eigenvalue weighted by Crippen LogP contribution is 2.27. The molecular formula is C11H5F4N3O2. The van der Waals surface area contributed by atoms with E-state index >= 15 is 0 Å². The van der Waals surface area contributed by atoms with Crippen LogP contribution in [0.2, 0.25) is 0 Å². The largest absolute Gasteiger partial charge is 0.350 e. The van der Waals surface area contributed by atoms with E-state index < -0.39 is 34.1 Å². The van der Waals surface area contributed by atoms with Crippen LogP contribution in [0.25, 0.3) is 0 Å². The Balaban J connectivity index is 2.45. The molecule has 1 heterocycles. The number of hydrogen-bond acceptors (Lipinski definition) is 4. The number of nitro benzene ring substituents is 1. The second-order valence-corrected chi connectivity index (χ2v) is 3.63. The highest BCUT2D eigenvalue weighted by Gasteiger charge is 2.21. The maximum absolute atomic E-state index is 13.3. The fraction of sp³-hybridized carbons (Fsp3) is 0. The van der Waals surface area contributed by atoms with E-state index in [0.717, 1.165) is 12.1 Å². The molecule has 2 aromatic rings. The number of halogens is 4. The fourth-order valence-corrected chi connectivity index (χ4v) is 1.44. The van der Waals surface area contributed by atoms with Gasteiger partial charge in [0.05, 0.1) is 4.92 Å². The quantitative estimate of drug-likeness (QED) is 0.407. The van der Waals surface area contributed by atoms with Gasteiger partial charge in [0.15, 0.2) is 0 Å². The molecule has 2 rings (SSSR count). The van der Waals surface area contributed by atoms with Crippen molar-refractivity contribution in [2.24, 2.45) is 0 Å². The molecule has 0 aliphatic carbocycles. The highest BCUT2D eigenvalue weighted by molar-refractivity contribution is 5.63. The third kappa shape index (κ3) is 2.51. The summed E-state index contributed by atoms with van der Waals surface area (Å²) in [6.45, 7) is 0. The van der Waals surface area contributed by atoms with Gasteiger partial charge in [-0.2, -0.15) is 22.5 Å². The zero-order valence-electron chi connectivity index (χ0n) is 9.53. The molecule has 1 aromatic carbocycles. The third-order valence-corrected chi connectivity index (χ3v) is 2.32. The summed E-state index contributed by atoms with van der Waals surface area (Å²) >= 11 is 0. The van der Waals surface area contributed by atoms with Crippen molar-refractivity contribution in [1.82, 2.24) is 4.98 Å². The third-order valence-electron chi connectivity index (χ3n) is 2.32. The Labute approximate surface area is 109 Å². The zero-order chi connectivity index (χ0) is 14.9. The first kappa shape index (κ1) is 13.7. The molecule has 5 nitrogen and oxygen atoms in total.